The van der Waals surface area contributed by atoms with E-state index in [1.54, 1.807) is 42.0 Å². The molecule has 170 valence electrons. The Kier molecular flexibility index (Phi) is 7.31. The molecule has 0 aliphatic carbocycles. The molecule has 0 aliphatic rings. The number of hydrogen-bond acceptors (Lipinski definition) is 7. The number of benzene rings is 3. The highest BCUT2D eigenvalue weighted by molar-refractivity contribution is 7.99. The summed E-state index contributed by atoms with van der Waals surface area (Å²) in [4.78, 5) is 0.259. The van der Waals surface area contributed by atoms with Crippen LogP contribution >= 0.6 is 11.8 Å². The fourth-order valence-corrected chi connectivity index (χ4v) is 5.22. The number of thioether (sulfide) groups is 1. The second-order valence-electron chi connectivity index (χ2n) is 7.01. The smallest absolute Gasteiger partial charge is 0.195 e. The molecule has 0 saturated carbocycles. The minimum Gasteiger partial charge on any atom is -0.497 e. The van der Waals surface area contributed by atoms with Crippen LogP contribution in [0.25, 0.3) is 5.69 Å². The normalized spacial score (nSPS) is 11.3. The second kappa shape index (κ2) is 10.5. The summed E-state index contributed by atoms with van der Waals surface area (Å²) in [6.07, 6.45) is 0. The van der Waals surface area contributed by atoms with E-state index >= 15 is 0 Å². The number of methoxy groups -OCH3 is 1. The molecule has 0 radical (unpaired) electrons. The van der Waals surface area contributed by atoms with Crippen LogP contribution in [0, 0.1) is 0 Å². The Morgan fingerprint density at radius 2 is 1.48 bits per heavy atom. The van der Waals surface area contributed by atoms with Gasteiger partial charge in [0.2, 0.25) is 0 Å². The van der Waals surface area contributed by atoms with Crippen LogP contribution in [-0.4, -0.2) is 42.7 Å². The first-order chi connectivity index (χ1) is 16.1. The van der Waals surface area contributed by atoms with Gasteiger partial charge in [0.25, 0.3) is 0 Å². The number of sulfone groups is 1. The lowest BCUT2D eigenvalue weighted by Gasteiger charge is -2.11. The molecule has 3 aromatic carbocycles. The first-order valence-electron chi connectivity index (χ1n) is 10.2. The zero-order chi connectivity index (χ0) is 23.1. The van der Waals surface area contributed by atoms with E-state index in [9.17, 15) is 8.42 Å². The Labute approximate surface area is 197 Å². The first kappa shape index (κ1) is 22.9. The molecule has 1 heterocycles. The third-order valence-corrected chi connectivity index (χ3v) is 7.30. The molecule has 0 saturated heterocycles. The second-order valence-corrected chi connectivity index (χ2v) is 10.1. The predicted molar refractivity (Wildman–Crippen MR) is 128 cm³/mol. The summed E-state index contributed by atoms with van der Waals surface area (Å²) >= 11 is 1.46. The van der Waals surface area contributed by atoms with Crippen LogP contribution in [0.3, 0.4) is 0 Å². The van der Waals surface area contributed by atoms with E-state index in [1.807, 2.05) is 54.6 Å². The largest absolute Gasteiger partial charge is 0.497 e. The highest BCUT2D eigenvalue weighted by Crippen LogP contribution is 2.25. The Morgan fingerprint density at radius 3 is 2.15 bits per heavy atom. The maximum absolute atomic E-state index is 12.9. The third-order valence-electron chi connectivity index (χ3n) is 4.78. The first-order valence-corrected chi connectivity index (χ1v) is 12.9. The summed E-state index contributed by atoms with van der Waals surface area (Å²) in [7, 11) is -1.95. The van der Waals surface area contributed by atoms with E-state index in [2.05, 4.69) is 10.2 Å². The van der Waals surface area contributed by atoms with Crippen LogP contribution in [0.2, 0.25) is 0 Å². The molecule has 4 aromatic rings. The molecular formula is C24H23N3O4S2. The molecule has 1 aromatic heterocycles. The molecule has 0 N–H and O–H groups in total. The summed E-state index contributed by atoms with van der Waals surface area (Å²) in [5, 5.41) is 9.10. The van der Waals surface area contributed by atoms with Crippen molar-refractivity contribution in [1.82, 2.24) is 14.8 Å². The molecule has 0 atom stereocenters. The standard InChI is InChI=1S/C24H23N3O4S2/c1-30-20-12-14-21(15-13-20)31-16-17-32-24-26-25-23(27(24)19-8-4-2-5-9-19)18-33(28,29)22-10-6-3-7-11-22/h2-15H,16-18H2,1H3. The quantitative estimate of drug-likeness (QED) is 0.245. The summed E-state index contributed by atoms with van der Waals surface area (Å²) in [6.45, 7) is 0.455. The highest BCUT2D eigenvalue weighted by Gasteiger charge is 2.22. The molecule has 7 nitrogen and oxygen atoms in total. The molecule has 4 rings (SSSR count). The van der Waals surface area contributed by atoms with E-state index in [0.717, 1.165) is 17.2 Å². The minimum atomic E-state index is -3.56. The van der Waals surface area contributed by atoms with Crippen molar-refractivity contribution in [2.75, 3.05) is 19.5 Å². The molecule has 0 bridgehead atoms. The van der Waals surface area contributed by atoms with Gasteiger partial charge in [-0.05, 0) is 48.5 Å². The summed E-state index contributed by atoms with van der Waals surface area (Å²) in [6, 6.07) is 25.3. The van der Waals surface area contributed by atoms with Gasteiger partial charge in [0.15, 0.2) is 20.8 Å². The van der Waals surface area contributed by atoms with Crippen molar-refractivity contribution in [1.29, 1.82) is 0 Å². The highest BCUT2D eigenvalue weighted by atomic mass is 32.2. The van der Waals surface area contributed by atoms with Crippen molar-refractivity contribution in [3.63, 3.8) is 0 Å². The van der Waals surface area contributed by atoms with Crippen LogP contribution in [0.4, 0.5) is 0 Å². The van der Waals surface area contributed by atoms with Gasteiger partial charge in [-0.3, -0.25) is 4.57 Å². The molecule has 0 unspecified atom stereocenters. The topological polar surface area (TPSA) is 83.3 Å². The van der Waals surface area contributed by atoms with Gasteiger partial charge in [0, 0.05) is 11.4 Å². The van der Waals surface area contributed by atoms with Gasteiger partial charge in [0.1, 0.15) is 17.3 Å². The van der Waals surface area contributed by atoms with Crippen molar-refractivity contribution in [3.8, 4) is 17.2 Å². The van der Waals surface area contributed by atoms with Gasteiger partial charge in [0.05, 0.1) is 18.6 Å². The number of aromatic nitrogens is 3. The third kappa shape index (κ3) is 5.74. The van der Waals surface area contributed by atoms with Gasteiger partial charge in [-0.1, -0.05) is 48.2 Å². The van der Waals surface area contributed by atoms with Crippen molar-refractivity contribution < 1.29 is 17.9 Å². The van der Waals surface area contributed by atoms with Gasteiger partial charge < -0.3 is 9.47 Å². The van der Waals surface area contributed by atoms with E-state index < -0.39 is 9.84 Å². The lowest BCUT2D eigenvalue weighted by molar-refractivity contribution is 0.342. The maximum Gasteiger partial charge on any atom is 0.195 e. The van der Waals surface area contributed by atoms with Crippen LogP contribution in [0.5, 0.6) is 11.5 Å². The lowest BCUT2D eigenvalue weighted by Crippen LogP contribution is -2.11. The van der Waals surface area contributed by atoms with Gasteiger partial charge in [-0.2, -0.15) is 0 Å². The lowest BCUT2D eigenvalue weighted by atomic mass is 10.3. The zero-order valence-electron chi connectivity index (χ0n) is 18.0. The Morgan fingerprint density at radius 1 is 0.848 bits per heavy atom. The Balaban J connectivity index is 1.50. The van der Waals surface area contributed by atoms with Gasteiger partial charge in [-0.15, -0.1) is 10.2 Å². The molecule has 0 aliphatic heterocycles. The van der Waals surface area contributed by atoms with Crippen molar-refractivity contribution in [2.24, 2.45) is 0 Å². The van der Waals surface area contributed by atoms with E-state index in [1.165, 1.54) is 11.8 Å². The zero-order valence-corrected chi connectivity index (χ0v) is 19.6. The Bertz CT molecular complexity index is 1280. The maximum atomic E-state index is 12.9. The van der Waals surface area contributed by atoms with Crippen molar-refractivity contribution in [2.45, 2.75) is 15.8 Å². The Hall–Kier alpha value is -3.30. The number of hydrogen-bond donors (Lipinski definition) is 0. The minimum absolute atomic E-state index is 0.248. The average molecular weight is 482 g/mol. The fraction of sp³-hybridized carbons (Fsp3) is 0.167. The molecule has 33 heavy (non-hydrogen) atoms. The summed E-state index contributed by atoms with van der Waals surface area (Å²) in [5.74, 6) is 2.24. The molecule has 9 heteroatoms. The molecule has 0 spiro atoms. The molecular weight excluding hydrogens is 458 g/mol. The fourth-order valence-electron chi connectivity index (χ4n) is 3.17. The van der Waals surface area contributed by atoms with E-state index in [-0.39, 0.29) is 10.6 Å². The number of ether oxygens (including phenoxy) is 2. The molecule has 0 fully saturated rings. The predicted octanol–water partition coefficient (Wildman–Crippen LogP) is 4.42. The number of para-hydroxylation sites is 1. The van der Waals surface area contributed by atoms with Crippen LogP contribution < -0.4 is 9.47 Å². The van der Waals surface area contributed by atoms with Gasteiger partial charge >= 0.3 is 0 Å². The van der Waals surface area contributed by atoms with E-state index in [4.69, 9.17) is 9.47 Å². The van der Waals surface area contributed by atoms with Crippen molar-refractivity contribution >= 4 is 21.6 Å². The van der Waals surface area contributed by atoms with E-state index in [0.29, 0.717) is 23.3 Å². The van der Waals surface area contributed by atoms with Crippen LogP contribution in [0.1, 0.15) is 5.82 Å². The number of rotatable bonds is 10. The van der Waals surface area contributed by atoms with Crippen molar-refractivity contribution in [3.05, 3.63) is 90.8 Å². The molecule has 0 amide bonds. The van der Waals surface area contributed by atoms with Crippen LogP contribution in [0.15, 0.2) is 95.0 Å². The SMILES string of the molecule is COc1ccc(OCCSc2nnc(CS(=O)(=O)c3ccccc3)n2-c2ccccc2)cc1. The average Bonchev–Trinajstić information content (AvgIpc) is 3.24. The summed E-state index contributed by atoms with van der Waals surface area (Å²) in [5.41, 5.74) is 0.805. The summed E-state index contributed by atoms with van der Waals surface area (Å²) < 4.78 is 38.6. The van der Waals surface area contributed by atoms with Gasteiger partial charge in [-0.25, -0.2) is 8.42 Å². The number of nitrogens with zero attached hydrogens (tertiary/aromatic N) is 3. The van der Waals surface area contributed by atoms with Crippen LogP contribution in [-0.2, 0) is 15.6 Å². The monoisotopic (exact) mass is 481 g/mol.